The molecule has 2 atom stereocenters. The first-order chi connectivity index (χ1) is 17.6. The number of nitriles is 1. The Morgan fingerprint density at radius 1 is 1.19 bits per heavy atom. The molecule has 2 aromatic rings. The van der Waals surface area contributed by atoms with Gasteiger partial charge in [0.25, 0.3) is 0 Å². The fourth-order valence-corrected chi connectivity index (χ4v) is 6.09. The zero-order valence-electron chi connectivity index (χ0n) is 20.9. The first kappa shape index (κ1) is 25.6. The average Bonchev–Trinajstić information content (AvgIpc) is 3.70. The van der Waals surface area contributed by atoms with Crippen molar-refractivity contribution in [2.45, 2.75) is 69.7 Å². The van der Waals surface area contributed by atoms with Gasteiger partial charge in [-0.1, -0.05) is 19.1 Å². The number of halogens is 3. The van der Waals surface area contributed by atoms with Crippen molar-refractivity contribution in [2.75, 3.05) is 13.1 Å². The fraction of sp³-hybridized carbons (Fsp3) is 0.517. The van der Waals surface area contributed by atoms with Gasteiger partial charge in [0, 0.05) is 19.6 Å². The van der Waals surface area contributed by atoms with Crippen molar-refractivity contribution in [1.82, 2.24) is 4.90 Å². The number of carbonyl (C=O) groups is 1. The highest BCUT2D eigenvalue weighted by molar-refractivity contribution is 5.71. The predicted molar refractivity (Wildman–Crippen MR) is 131 cm³/mol. The van der Waals surface area contributed by atoms with E-state index in [9.17, 15) is 23.1 Å². The Bertz CT molecular complexity index is 1220. The molecule has 1 spiro atoms. The summed E-state index contributed by atoms with van der Waals surface area (Å²) in [6.07, 6.45) is 0.746. The summed E-state index contributed by atoms with van der Waals surface area (Å²) < 4.78 is 47.3. The highest BCUT2D eigenvalue weighted by atomic mass is 19.4. The maximum atomic E-state index is 13.5. The molecule has 1 saturated heterocycles. The predicted octanol–water partition coefficient (Wildman–Crippen LogP) is 6.15. The Balaban J connectivity index is 1.29. The van der Waals surface area contributed by atoms with Crippen LogP contribution in [0.25, 0.3) is 0 Å². The molecule has 0 bridgehead atoms. The molecule has 2 aromatic carbocycles. The summed E-state index contributed by atoms with van der Waals surface area (Å²) in [6, 6.07) is 11.6. The lowest BCUT2D eigenvalue weighted by molar-refractivity contribution is -0.142. The summed E-state index contributed by atoms with van der Waals surface area (Å²) in [4.78, 5) is 13.7. The summed E-state index contributed by atoms with van der Waals surface area (Å²) in [5.74, 6) is -0.0634. The van der Waals surface area contributed by atoms with Crippen LogP contribution in [-0.2, 0) is 23.9 Å². The average molecular weight is 513 g/mol. The minimum absolute atomic E-state index is 0.0295. The molecule has 5 rings (SSSR count). The van der Waals surface area contributed by atoms with Gasteiger partial charge in [-0.25, -0.2) is 0 Å². The third-order valence-electron chi connectivity index (χ3n) is 8.41. The Morgan fingerprint density at radius 3 is 2.54 bits per heavy atom. The van der Waals surface area contributed by atoms with Gasteiger partial charge in [-0.05, 0) is 91.3 Å². The molecule has 196 valence electrons. The molecule has 8 heteroatoms. The van der Waals surface area contributed by atoms with E-state index in [1.807, 2.05) is 17.0 Å². The van der Waals surface area contributed by atoms with Crippen molar-refractivity contribution < 1.29 is 27.8 Å². The third-order valence-corrected chi connectivity index (χ3v) is 8.41. The van der Waals surface area contributed by atoms with Crippen molar-refractivity contribution in [3.63, 3.8) is 0 Å². The molecule has 2 fully saturated rings. The molecule has 2 unspecified atom stereocenters. The van der Waals surface area contributed by atoms with Crippen molar-refractivity contribution in [2.24, 2.45) is 11.8 Å². The number of ether oxygens (including phenoxy) is 1. The number of alkyl halides is 3. The van der Waals surface area contributed by atoms with Gasteiger partial charge in [-0.3, -0.25) is 9.69 Å². The molecule has 1 saturated carbocycles. The summed E-state index contributed by atoms with van der Waals surface area (Å²) in [5, 5.41) is 18.8. The van der Waals surface area contributed by atoms with E-state index in [1.54, 1.807) is 6.92 Å². The van der Waals surface area contributed by atoms with Crippen LogP contribution in [0.2, 0.25) is 0 Å². The maximum absolute atomic E-state index is 13.5. The lowest BCUT2D eigenvalue weighted by Gasteiger charge is -2.45. The Labute approximate surface area is 214 Å². The molecule has 0 radical (unpaired) electrons. The second-order valence-electron chi connectivity index (χ2n) is 10.9. The number of nitrogens with zero attached hydrogens (tertiary/aromatic N) is 2. The highest BCUT2D eigenvalue weighted by Gasteiger charge is 2.42. The number of carboxylic acids is 1. The first-order valence-corrected chi connectivity index (χ1v) is 13.0. The van der Waals surface area contributed by atoms with Crippen molar-refractivity contribution >= 4 is 5.97 Å². The van der Waals surface area contributed by atoms with Gasteiger partial charge in [0.15, 0.2) is 0 Å². The monoisotopic (exact) mass is 512 g/mol. The van der Waals surface area contributed by atoms with E-state index in [0.29, 0.717) is 31.8 Å². The molecule has 1 aliphatic carbocycles. The standard InChI is InChI=1S/C29H31F3N2O3/c1-18(27(35)36)26(21-4-5-21)22-6-3-20-8-9-28(37-25(20)15-22)10-12-34(13-11-28)17-23-14-19(16-33)2-7-24(23)29(30,31)32/h2-3,6-7,14-15,18,21,26H,4-5,8-13,17H2,1H3,(H,35,36). The van der Waals surface area contributed by atoms with Crippen molar-refractivity contribution in [3.05, 3.63) is 64.2 Å². The maximum Gasteiger partial charge on any atom is 0.416 e. The number of hydrogen-bond donors (Lipinski definition) is 1. The van der Waals surface area contributed by atoms with Crippen LogP contribution in [0, 0.1) is 23.2 Å². The van der Waals surface area contributed by atoms with Crippen LogP contribution >= 0.6 is 0 Å². The van der Waals surface area contributed by atoms with Gasteiger partial charge in [-0.15, -0.1) is 0 Å². The second-order valence-corrected chi connectivity index (χ2v) is 10.9. The number of benzene rings is 2. The minimum Gasteiger partial charge on any atom is -0.487 e. The first-order valence-electron chi connectivity index (χ1n) is 13.0. The highest BCUT2D eigenvalue weighted by Crippen LogP contribution is 2.49. The van der Waals surface area contributed by atoms with E-state index < -0.39 is 23.6 Å². The fourth-order valence-electron chi connectivity index (χ4n) is 6.09. The van der Waals surface area contributed by atoms with Gasteiger partial charge in [0.2, 0.25) is 0 Å². The smallest absolute Gasteiger partial charge is 0.416 e. The summed E-state index contributed by atoms with van der Waals surface area (Å²) in [6.45, 7) is 3.12. The van der Waals surface area contributed by atoms with E-state index in [-0.39, 0.29) is 29.2 Å². The molecule has 1 N–H and O–H groups in total. The van der Waals surface area contributed by atoms with Crippen molar-refractivity contribution in [1.29, 1.82) is 5.26 Å². The summed E-state index contributed by atoms with van der Waals surface area (Å²) >= 11 is 0. The number of carboxylic acid groups (broad SMARTS) is 1. The number of piperidine rings is 1. The van der Waals surface area contributed by atoms with Crippen LogP contribution in [0.15, 0.2) is 36.4 Å². The van der Waals surface area contributed by atoms with Gasteiger partial charge < -0.3 is 9.84 Å². The molecule has 2 aliphatic heterocycles. The number of likely N-dealkylation sites (tertiary alicyclic amines) is 1. The molecule has 0 aromatic heterocycles. The normalized spacial score (nSPS) is 20.9. The number of aryl methyl sites for hydroxylation is 1. The van der Waals surface area contributed by atoms with E-state index in [2.05, 4.69) is 12.1 Å². The zero-order valence-corrected chi connectivity index (χ0v) is 20.9. The molecule has 2 heterocycles. The van der Waals surface area contributed by atoms with Gasteiger partial charge in [-0.2, -0.15) is 18.4 Å². The van der Waals surface area contributed by atoms with Crippen LogP contribution < -0.4 is 4.74 Å². The van der Waals surface area contributed by atoms with Crippen molar-refractivity contribution in [3.8, 4) is 11.8 Å². The SMILES string of the molecule is CC(C(=O)O)C(c1ccc2c(c1)OC1(CC2)CCN(Cc2cc(C#N)ccc2C(F)(F)F)CC1)C1CC1. The van der Waals surface area contributed by atoms with E-state index in [0.717, 1.165) is 48.6 Å². The van der Waals surface area contributed by atoms with Crippen LogP contribution in [0.1, 0.15) is 72.8 Å². The summed E-state index contributed by atoms with van der Waals surface area (Å²) in [5.41, 5.74) is 1.43. The Morgan fingerprint density at radius 2 is 1.92 bits per heavy atom. The Kier molecular flexibility index (Phi) is 6.70. The molecular formula is C29H31F3N2O3. The number of hydrogen-bond acceptors (Lipinski definition) is 4. The molecule has 3 aliphatic rings. The second kappa shape index (κ2) is 9.68. The molecule has 5 nitrogen and oxygen atoms in total. The number of fused-ring (bicyclic) bond motifs is 1. The van der Waals surface area contributed by atoms with E-state index >= 15 is 0 Å². The topological polar surface area (TPSA) is 73.6 Å². The lowest BCUT2D eigenvalue weighted by atomic mass is 9.80. The molecule has 37 heavy (non-hydrogen) atoms. The zero-order chi connectivity index (χ0) is 26.4. The van der Waals surface area contributed by atoms with E-state index in [1.165, 1.54) is 12.1 Å². The van der Waals surface area contributed by atoms with Crippen LogP contribution in [0.4, 0.5) is 13.2 Å². The molecular weight excluding hydrogens is 481 g/mol. The minimum atomic E-state index is -4.47. The largest absolute Gasteiger partial charge is 0.487 e. The summed E-state index contributed by atoms with van der Waals surface area (Å²) in [7, 11) is 0. The van der Waals surface area contributed by atoms with E-state index in [4.69, 9.17) is 10.00 Å². The lowest BCUT2D eigenvalue weighted by Crippen LogP contribution is -2.49. The third kappa shape index (κ3) is 5.33. The molecule has 0 amide bonds. The number of aliphatic carboxylic acids is 1. The Hall–Kier alpha value is -3.05. The van der Waals surface area contributed by atoms with Crippen LogP contribution in [0.5, 0.6) is 5.75 Å². The van der Waals surface area contributed by atoms with Crippen LogP contribution in [0.3, 0.4) is 0 Å². The van der Waals surface area contributed by atoms with Gasteiger partial charge in [0.05, 0.1) is 23.1 Å². The quantitative estimate of drug-likeness (QED) is 0.503. The van der Waals surface area contributed by atoms with Gasteiger partial charge in [0.1, 0.15) is 11.4 Å². The van der Waals surface area contributed by atoms with Gasteiger partial charge >= 0.3 is 12.1 Å². The van der Waals surface area contributed by atoms with Crippen LogP contribution in [-0.4, -0.2) is 34.7 Å². The number of rotatable bonds is 6.